The number of nitrogens with zero attached hydrogens (tertiary/aromatic N) is 3. The number of anilines is 1. The van der Waals surface area contributed by atoms with Gasteiger partial charge in [-0.2, -0.15) is 4.31 Å². The first-order chi connectivity index (χ1) is 18.4. The number of aliphatic hydroxyl groups excluding tert-OH is 1. The molecule has 3 rings (SSSR count). The van der Waals surface area contributed by atoms with E-state index in [1.165, 1.54) is 15.6 Å². The number of hydrogen-bond donors (Lipinski definition) is 1. The molecule has 1 aliphatic heterocycles. The zero-order chi connectivity index (χ0) is 28.7. The number of likely N-dealkylation sites (N-methyl/N-ethyl adjacent to an activating group) is 1. The molecule has 0 aliphatic carbocycles. The van der Waals surface area contributed by atoms with Crippen molar-refractivity contribution in [3.05, 3.63) is 41.3 Å². The number of benzene rings is 1. The molecule has 0 radical (unpaired) electrons. The van der Waals surface area contributed by atoms with E-state index < -0.39 is 22.2 Å². The number of carbonyl (C=O) groups is 1. The summed E-state index contributed by atoms with van der Waals surface area (Å²) in [6.45, 7) is 6.44. The van der Waals surface area contributed by atoms with Crippen LogP contribution >= 0.6 is 11.3 Å². The van der Waals surface area contributed by atoms with Gasteiger partial charge in [-0.05, 0) is 62.8 Å². The van der Waals surface area contributed by atoms with Crippen LogP contribution in [0.15, 0.2) is 39.9 Å². The topological polar surface area (TPSA) is 99.6 Å². The molecule has 1 aliphatic rings. The predicted octanol–water partition coefficient (Wildman–Crippen LogP) is 3.93. The number of aliphatic hydroxyl groups is 1. The van der Waals surface area contributed by atoms with Crippen LogP contribution in [0.25, 0.3) is 0 Å². The number of sulfonamides is 1. The number of amides is 1. The van der Waals surface area contributed by atoms with Crippen LogP contribution in [0, 0.1) is 5.92 Å². The number of ether oxygens (including phenoxy) is 2. The van der Waals surface area contributed by atoms with Gasteiger partial charge >= 0.3 is 0 Å². The smallest absolute Gasteiger partial charge is 0.258 e. The number of rotatable bonds is 7. The minimum atomic E-state index is -3.65. The Kier molecular flexibility index (Phi) is 11.2. The van der Waals surface area contributed by atoms with Crippen LogP contribution in [0.5, 0.6) is 5.75 Å². The first kappa shape index (κ1) is 31.3. The molecule has 0 fully saturated rings. The van der Waals surface area contributed by atoms with E-state index in [4.69, 9.17) is 9.47 Å². The molecule has 11 heteroatoms. The fourth-order valence-corrected chi connectivity index (χ4v) is 6.95. The van der Waals surface area contributed by atoms with Crippen LogP contribution in [0.2, 0.25) is 0 Å². The van der Waals surface area contributed by atoms with Gasteiger partial charge in [0.25, 0.3) is 15.9 Å². The van der Waals surface area contributed by atoms with Crippen LogP contribution in [0.3, 0.4) is 0 Å². The molecule has 1 N–H and O–H groups in total. The van der Waals surface area contributed by atoms with Crippen molar-refractivity contribution in [1.29, 1.82) is 0 Å². The molecule has 39 heavy (non-hydrogen) atoms. The van der Waals surface area contributed by atoms with Gasteiger partial charge < -0.3 is 24.4 Å². The van der Waals surface area contributed by atoms with Gasteiger partial charge in [0.05, 0.1) is 30.4 Å². The number of carbonyl (C=O) groups excluding carboxylic acids is 1. The van der Waals surface area contributed by atoms with E-state index >= 15 is 0 Å². The lowest BCUT2D eigenvalue weighted by atomic mass is 10.0. The molecule has 4 atom stereocenters. The number of hydrogen-bond acceptors (Lipinski definition) is 8. The van der Waals surface area contributed by atoms with Crippen LogP contribution in [0.4, 0.5) is 5.69 Å². The molecule has 1 aromatic carbocycles. The van der Waals surface area contributed by atoms with Gasteiger partial charge in [-0.3, -0.25) is 4.79 Å². The fraction of sp³-hybridized carbons (Fsp3) is 0.607. The molecule has 0 bridgehead atoms. The minimum absolute atomic E-state index is 0.106. The van der Waals surface area contributed by atoms with Crippen LogP contribution in [-0.4, -0.2) is 94.3 Å². The lowest BCUT2D eigenvalue weighted by Crippen LogP contribution is -2.48. The summed E-state index contributed by atoms with van der Waals surface area (Å²) in [5.41, 5.74) is 1.30. The van der Waals surface area contributed by atoms with Crippen molar-refractivity contribution in [1.82, 2.24) is 9.21 Å². The Morgan fingerprint density at radius 1 is 1.18 bits per heavy atom. The van der Waals surface area contributed by atoms with E-state index in [2.05, 4.69) is 0 Å². The summed E-state index contributed by atoms with van der Waals surface area (Å²) in [5, 5.41) is 11.8. The highest BCUT2D eigenvalue weighted by molar-refractivity contribution is 7.91. The zero-order valence-corrected chi connectivity index (χ0v) is 25.5. The zero-order valence-electron chi connectivity index (χ0n) is 23.9. The fourth-order valence-electron chi connectivity index (χ4n) is 4.57. The normalized spacial score (nSPS) is 22.6. The Bertz CT molecular complexity index is 1170. The lowest BCUT2D eigenvalue weighted by molar-refractivity contribution is -0.00832. The van der Waals surface area contributed by atoms with Crippen molar-refractivity contribution >= 4 is 33.0 Å². The summed E-state index contributed by atoms with van der Waals surface area (Å²) in [6.07, 6.45) is 1.91. The summed E-state index contributed by atoms with van der Waals surface area (Å²) < 4.78 is 40.4. The molecule has 0 spiro atoms. The monoisotopic (exact) mass is 581 g/mol. The van der Waals surface area contributed by atoms with E-state index in [0.29, 0.717) is 17.9 Å². The van der Waals surface area contributed by atoms with E-state index in [-0.39, 0.29) is 41.8 Å². The van der Waals surface area contributed by atoms with Gasteiger partial charge in [-0.1, -0.05) is 13.0 Å². The van der Waals surface area contributed by atoms with Gasteiger partial charge in [-0.25, -0.2) is 8.42 Å². The molecular weight excluding hydrogens is 538 g/mol. The van der Waals surface area contributed by atoms with E-state index in [9.17, 15) is 18.3 Å². The third-order valence-electron chi connectivity index (χ3n) is 7.15. The summed E-state index contributed by atoms with van der Waals surface area (Å²) in [5.74, 6) is 0.0596. The van der Waals surface area contributed by atoms with Crippen LogP contribution < -0.4 is 9.64 Å². The summed E-state index contributed by atoms with van der Waals surface area (Å²) in [6, 6.07) is 8.45. The van der Waals surface area contributed by atoms with Gasteiger partial charge in [0.15, 0.2) is 0 Å². The van der Waals surface area contributed by atoms with Gasteiger partial charge in [0.1, 0.15) is 9.96 Å². The van der Waals surface area contributed by atoms with Crippen LogP contribution in [-0.2, 0) is 14.8 Å². The predicted molar refractivity (Wildman–Crippen MR) is 155 cm³/mol. The maximum absolute atomic E-state index is 14.0. The molecule has 2 heterocycles. The maximum Gasteiger partial charge on any atom is 0.258 e. The van der Waals surface area contributed by atoms with Gasteiger partial charge in [-0.15, -0.1) is 11.3 Å². The second-order valence-corrected chi connectivity index (χ2v) is 13.8. The molecule has 2 aromatic rings. The third kappa shape index (κ3) is 7.94. The molecular formula is C28H43N3O6S2. The average Bonchev–Trinajstić information content (AvgIpc) is 3.45. The molecule has 218 valence electrons. The van der Waals surface area contributed by atoms with Crippen molar-refractivity contribution in [2.24, 2.45) is 5.92 Å². The van der Waals surface area contributed by atoms with Crippen molar-refractivity contribution < 1.29 is 27.8 Å². The van der Waals surface area contributed by atoms with Crippen molar-refractivity contribution in [3.63, 3.8) is 0 Å². The Morgan fingerprint density at radius 2 is 1.92 bits per heavy atom. The molecule has 1 amide bonds. The Morgan fingerprint density at radius 3 is 2.56 bits per heavy atom. The second-order valence-electron chi connectivity index (χ2n) is 10.6. The molecule has 0 saturated carbocycles. The lowest BCUT2D eigenvalue weighted by Gasteiger charge is -2.35. The SMILES string of the molecule is C[C@@H]1CCCCO[C@@H](CN(C)S(=O)(=O)c2cccs2)[C@@H](C)CN([C@@H](C)CO)C(=O)c2cc(N(C)C)ccc2O1. The van der Waals surface area contributed by atoms with Crippen molar-refractivity contribution in [2.45, 2.75) is 62.5 Å². The van der Waals surface area contributed by atoms with Crippen molar-refractivity contribution in [2.75, 3.05) is 52.3 Å². The van der Waals surface area contributed by atoms with E-state index in [1.54, 1.807) is 36.4 Å². The Hall–Kier alpha value is -2.18. The molecule has 0 saturated heterocycles. The minimum Gasteiger partial charge on any atom is -0.490 e. The summed E-state index contributed by atoms with van der Waals surface area (Å²) in [7, 11) is 1.74. The first-order valence-corrected chi connectivity index (χ1v) is 15.8. The molecule has 0 unspecified atom stereocenters. The van der Waals surface area contributed by atoms with Crippen molar-refractivity contribution in [3.8, 4) is 5.75 Å². The quantitative estimate of drug-likeness (QED) is 0.529. The number of fused-ring (bicyclic) bond motifs is 1. The molecule has 9 nitrogen and oxygen atoms in total. The largest absolute Gasteiger partial charge is 0.490 e. The van der Waals surface area contributed by atoms with Gasteiger partial charge in [0, 0.05) is 52.4 Å². The number of thiophene rings is 1. The molecule has 1 aromatic heterocycles. The highest BCUT2D eigenvalue weighted by Gasteiger charge is 2.32. The highest BCUT2D eigenvalue weighted by Crippen LogP contribution is 2.29. The second kappa shape index (κ2) is 13.9. The summed E-state index contributed by atoms with van der Waals surface area (Å²) in [4.78, 5) is 17.6. The van der Waals surface area contributed by atoms with E-state index in [1.807, 2.05) is 51.0 Å². The Balaban J connectivity index is 1.96. The van der Waals surface area contributed by atoms with E-state index in [0.717, 1.165) is 24.9 Å². The highest BCUT2D eigenvalue weighted by atomic mass is 32.2. The van der Waals surface area contributed by atoms with Crippen LogP contribution in [0.1, 0.15) is 50.4 Å². The first-order valence-electron chi connectivity index (χ1n) is 13.5. The summed E-state index contributed by atoms with van der Waals surface area (Å²) >= 11 is 1.18. The third-order valence-corrected chi connectivity index (χ3v) is 10.3. The van der Waals surface area contributed by atoms with Gasteiger partial charge in [0.2, 0.25) is 0 Å². The standard InChI is InChI=1S/C28H43N3O6S2/c1-20-17-31(21(2)19-32)28(33)24-16-23(29(4)5)12-13-25(24)37-22(3)10-7-8-14-36-26(20)18-30(6)39(34,35)27-11-9-15-38-27/h9,11-13,15-16,20-22,26,32H,7-8,10,14,17-19H2,1-6H3/t20-,21-,22+,26-/m0/s1. The maximum atomic E-state index is 14.0. The average molecular weight is 582 g/mol. The Labute approximate surface area is 237 Å².